The van der Waals surface area contributed by atoms with Crippen molar-refractivity contribution < 1.29 is 9.18 Å². The minimum atomic E-state index is -0.269. The molecule has 6 nitrogen and oxygen atoms in total. The topological polar surface area (TPSA) is 61.4 Å². The predicted octanol–water partition coefficient (Wildman–Crippen LogP) is 2.01. The van der Waals surface area contributed by atoms with Crippen LogP contribution in [-0.2, 0) is 6.54 Å². The number of amides is 1. The van der Waals surface area contributed by atoms with Crippen LogP contribution in [-0.4, -0.2) is 58.4 Å². The number of nitrogens with zero attached hydrogens (tertiary/aromatic N) is 4. The van der Waals surface area contributed by atoms with Crippen LogP contribution in [0.2, 0.25) is 0 Å². The molecule has 1 aliphatic rings. The predicted molar refractivity (Wildman–Crippen MR) is 93.8 cm³/mol. The van der Waals surface area contributed by atoms with E-state index >= 15 is 0 Å². The number of carbonyl (C=O) groups excluding carboxylic acids is 1. The van der Waals surface area contributed by atoms with Crippen molar-refractivity contribution in [2.75, 3.05) is 38.0 Å². The smallest absolute Gasteiger partial charge is 0.272 e. The number of benzene rings is 1. The Morgan fingerprint density at radius 3 is 2.68 bits per heavy atom. The number of aromatic nitrogens is 2. The fourth-order valence-electron chi connectivity index (χ4n) is 2.83. The van der Waals surface area contributed by atoms with Gasteiger partial charge in [-0.1, -0.05) is 25.1 Å². The maximum Gasteiger partial charge on any atom is 0.272 e. The molecule has 0 aliphatic carbocycles. The molecular formula is C18H22FN5O. The van der Waals surface area contributed by atoms with Gasteiger partial charge >= 0.3 is 0 Å². The number of nitrogens with one attached hydrogen (secondary N) is 1. The molecule has 0 unspecified atom stereocenters. The van der Waals surface area contributed by atoms with Crippen molar-refractivity contribution in [1.29, 1.82) is 0 Å². The molecule has 0 radical (unpaired) electrons. The zero-order valence-electron chi connectivity index (χ0n) is 14.3. The molecule has 1 N–H and O–H groups in total. The van der Waals surface area contributed by atoms with Crippen molar-refractivity contribution in [2.45, 2.75) is 13.5 Å². The summed E-state index contributed by atoms with van der Waals surface area (Å²) in [5.74, 6) is 0.148. The van der Waals surface area contributed by atoms with Crippen molar-refractivity contribution in [3.63, 3.8) is 0 Å². The van der Waals surface area contributed by atoms with Gasteiger partial charge in [-0.15, -0.1) is 0 Å². The molecule has 1 aromatic heterocycles. The third-order valence-corrected chi connectivity index (χ3v) is 4.41. The molecule has 1 aromatic carbocycles. The maximum absolute atomic E-state index is 13.7. The molecular weight excluding hydrogens is 321 g/mol. The summed E-state index contributed by atoms with van der Waals surface area (Å²) in [7, 11) is 0. The van der Waals surface area contributed by atoms with E-state index in [1.807, 2.05) is 4.90 Å². The van der Waals surface area contributed by atoms with Crippen LogP contribution in [0.4, 0.5) is 10.2 Å². The van der Waals surface area contributed by atoms with Gasteiger partial charge in [0.05, 0.1) is 0 Å². The Kier molecular flexibility index (Phi) is 5.55. The van der Waals surface area contributed by atoms with Crippen LogP contribution in [0.1, 0.15) is 23.0 Å². The van der Waals surface area contributed by atoms with E-state index in [2.05, 4.69) is 27.1 Å². The molecule has 1 aliphatic heterocycles. The fourth-order valence-corrected chi connectivity index (χ4v) is 2.83. The van der Waals surface area contributed by atoms with Crippen molar-refractivity contribution >= 4 is 11.7 Å². The molecule has 132 valence electrons. The van der Waals surface area contributed by atoms with Crippen LogP contribution < -0.4 is 5.32 Å². The van der Waals surface area contributed by atoms with Crippen molar-refractivity contribution in [3.8, 4) is 0 Å². The first-order valence-electron chi connectivity index (χ1n) is 8.48. The Morgan fingerprint density at radius 1 is 1.20 bits per heavy atom. The van der Waals surface area contributed by atoms with Crippen LogP contribution in [0.5, 0.6) is 0 Å². The van der Waals surface area contributed by atoms with Crippen LogP contribution in [0, 0.1) is 5.82 Å². The van der Waals surface area contributed by atoms with Gasteiger partial charge in [0.1, 0.15) is 23.7 Å². The number of halogens is 1. The van der Waals surface area contributed by atoms with E-state index in [9.17, 15) is 9.18 Å². The number of hydrogen-bond acceptors (Lipinski definition) is 5. The summed E-state index contributed by atoms with van der Waals surface area (Å²) in [5.41, 5.74) is 0.903. The third-order valence-electron chi connectivity index (χ3n) is 4.41. The summed E-state index contributed by atoms with van der Waals surface area (Å²) in [6.07, 6.45) is 1.36. The first kappa shape index (κ1) is 17.3. The molecule has 1 fully saturated rings. The first-order valence-corrected chi connectivity index (χ1v) is 8.48. The minimum absolute atomic E-state index is 0.0907. The Bertz CT molecular complexity index is 731. The number of rotatable bonds is 5. The molecule has 1 amide bonds. The summed E-state index contributed by atoms with van der Waals surface area (Å²) in [6.45, 7) is 6.59. The SMILES string of the molecule is CCN1CCN(C(=O)c2cc(NCc3ccccc3F)ncn2)CC1. The average molecular weight is 343 g/mol. The molecule has 1 saturated heterocycles. The minimum Gasteiger partial charge on any atom is -0.366 e. The average Bonchev–Trinajstić information content (AvgIpc) is 2.67. The molecule has 7 heteroatoms. The van der Waals surface area contributed by atoms with E-state index < -0.39 is 0 Å². The highest BCUT2D eigenvalue weighted by molar-refractivity contribution is 5.93. The zero-order chi connectivity index (χ0) is 17.6. The van der Waals surface area contributed by atoms with Gasteiger partial charge in [0.15, 0.2) is 0 Å². The number of piperazine rings is 1. The lowest BCUT2D eigenvalue weighted by Crippen LogP contribution is -2.48. The second kappa shape index (κ2) is 8.02. The van der Waals surface area contributed by atoms with Gasteiger partial charge in [0, 0.05) is 44.4 Å². The Balaban J connectivity index is 1.63. The van der Waals surface area contributed by atoms with E-state index in [-0.39, 0.29) is 11.7 Å². The van der Waals surface area contributed by atoms with Crippen LogP contribution >= 0.6 is 0 Å². The monoisotopic (exact) mass is 343 g/mol. The van der Waals surface area contributed by atoms with E-state index in [0.29, 0.717) is 36.7 Å². The summed E-state index contributed by atoms with van der Waals surface area (Å²) in [4.78, 5) is 24.9. The van der Waals surface area contributed by atoms with Gasteiger partial charge in [-0.2, -0.15) is 0 Å². The van der Waals surface area contributed by atoms with Gasteiger partial charge in [0.2, 0.25) is 0 Å². The molecule has 2 aromatic rings. The number of anilines is 1. The van der Waals surface area contributed by atoms with Crippen molar-refractivity contribution in [1.82, 2.24) is 19.8 Å². The molecule has 25 heavy (non-hydrogen) atoms. The lowest BCUT2D eigenvalue weighted by Gasteiger charge is -2.33. The summed E-state index contributed by atoms with van der Waals surface area (Å²) < 4.78 is 13.7. The highest BCUT2D eigenvalue weighted by Crippen LogP contribution is 2.12. The van der Waals surface area contributed by atoms with Gasteiger partial charge in [-0.3, -0.25) is 4.79 Å². The largest absolute Gasteiger partial charge is 0.366 e. The molecule has 2 heterocycles. The van der Waals surface area contributed by atoms with Crippen molar-refractivity contribution in [2.24, 2.45) is 0 Å². The van der Waals surface area contributed by atoms with E-state index in [0.717, 1.165) is 19.6 Å². The van der Waals surface area contributed by atoms with Gasteiger partial charge in [-0.25, -0.2) is 14.4 Å². The van der Waals surface area contributed by atoms with Gasteiger partial charge in [-0.05, 0) is 12.6 Å². The van der Waals surface area contributed by atoms with Crippen LogP contribution in [0.25, 0.3) is 0 Å². The van der Waals surface area contributed by atoms with Crippen LogP contribution in [0.3, 0.4) is 0 Å². The quantitative estimate of drug-likeness (QED) is 0.900. The van der Waals surface area contributed by atoms with Crippen LogP contribution in [0.15, 0.2) is 36.7 Å². The highest BCUT2D eigenvalue weighted by atomic mass is 19.1. The number of likely N-dealkylation sites (N-methyl/N-ethyl adjacent to an activating group) is 1. The molecule has 0 saturated carbocycles. The third kappa shape index (κ3) is 4.30. The molecule has 0 atom stereocenters. The normalized spacial score (nSPS) is 15.2. The summed E-state index contributed by atoms with van der Waals surface area (Å²) in [5, 5.41) is 3.05. The maximum atomic E-state index is 13.7. The second-order valence-electron chi connectivity index (χ2n) is 5.96. The van der Waals surface area contributed by atoms with E-state index in [1.54, 1.807) is 24.3 Å². The van der Waals surface area contributed by atoms with Gasteiger partial charge < -0.3 is 15.1 Å². The van der Waals surface area contributed by atoms with Gasteiger partial charge in [0.25, 0.3) is 5.91 Å². The van der Waals surface area contributed by atoms with E-state index in [4.69, 9.17) is 0 Å². The lowest BCUT2D eigenvalue weighted by molar-refractivity contribution is 0.0637. The van der Waals surface area contributed by atoms with E-state index in [1.165, 1.54) is 12.4 Å². The lowest BCUT2D eigenvalue weighted by atomic mass is 10.2. The Hall–Kier alpha value is -2.54. The Morgan fingerprint density at radius 2 is 1.96 bits per heavy atom. The zero-order valence-corrected chi connectivity index (χ0v) is 14.3. The summed E-state index contributed by atoms with van der Waals surface area (Å²) >= 11 is 0. The molecule has 0 bridgehead atoms. The Labute approximate surface area is 146 Å². The van der Waals surface area contributed by atoms with Crippen molar-refractivity contribution in [3.05, 3.63) is 53.7 Å². The molecule has 0 spiro atoms. The number of carbonyl (C=O) groups is 1. The fraction of sp³-hybridized carbons (Fsp3) is 0.389. The number of hydrogen-bond donors (Lipinski definition) is 1. The second-order valence-corrected chi connectivity index (χ2v) is 5.96. The summed E-state index contributed by atoms with van der Waals surface area (Å²) in [6, 6.07) is 8.18. The first-order chi connectivity index (χ1) is 12.2. The standard InChI is InChI=1S/C18H22FN5O/c1-2-23-7-9-24(10-8-23)18(25)16-11-17(22-13-21-16)20-12-14-5-3-4-6-15(14)19/h3-6,11,13H,2,7-10,12H2,1H3,(H,20,21,22). The highest BCUT2D eigenvalue weighted by Gasteiger charge is 2.22. The molecule has 3 rings (SSSR count).